The molecule has 3 rings (SSSR count). The third kappa shape index (κ3) is 3.34. The Hall–Kier alpha value is -2.41. The van der Waals surface area contributed by atoms with Crippen molar-refractivity contribution in [3.63, 3.8) is 0 Å². The third-order valence-electron chi connectivity index (χ3n) is 3.39. The van der Waals surface area contributed by atoms with E-state index in [2.05, 4.69) is 31.3 Å². The largest absolute Gasteiger partial charge is 0.292 e. The first kappa shape index (κ1) is 15.5. The summed E-state index contributed by atoms with van der Waals surface area (Å²) in [6.07, 6.45) is 0. The third-order valence-corrected chi connectivity index (χ3v) is 3.91. The minimum atomic E-state index is -0.628. The quantitative estimate of drug-likeness (QED) is 0.653. The van der Waals surface area contributed by atoms with E-state index in [1.54, 1.807) is 6.92 Å². The number of nitrogens with zero attached hydrogens (tertiary/aromatic N) is 4. The summed E-state index contributed by atoms with van der Waals surface area (Å²) in [5.41, 5.74) is 1.21. The minimum Gasteiger partial charge on any atom is -0.292 e. The molecule has 0 aliphatic carbocycles. The van der Waals surface area contributed by atoms with Crippen LogP contribution < -0.4 is 0 Å². The topological polar surface area (TPSA) is 60.7 Å². The molecule has 0 amide bonds. The monoisotopic (exact) mass is 374 g/mol. The molecule has 0 saturated heterocycles. The molecule has 3 aromatic rings. The summed E-state index contributed by atoms with van der Waals surface area (Å²) < 4.78 is 13.9. The summed E-state index contributed by atoms with van der Waals surface area (Å²) in [4.78, 5) is 13.7. The molecule has 0 unspecified atom stereocenters. The van der Waals surface area contributed by atoms with Gasteiger partial charge in [0.15, 0.2) is 5.78 Å². The van der Waals surface area contributed by atoms with Crippen LogP contribution in [0.3, 0.4) is 0 Å². The number of aromatic nitrogens is 4. The van der Waals surface area contributed by atoms with Gasteiger partial charge in [-0.2, -0.15) is 4.80 Å². The first-order chi connectivity index (χ1) is 11.0. The standard InChI is InChI=1S/C16H12BrFN4O/c1-10(15(23)11-4-8-14(18)9-5-11)22-20-16(19-21-22)12-2-6-13(17)7-3-12/h2-10H,1H3/t10-/m0/s1. The van der Waals surface area contributed by atoms with Crippen LogP contribution in [0.15, 0.2) is 53.0 Å². The summed E-state index contributed by atoms with van der Waals surface area (Å²) in [6, 6.07) is 12.2. The number of hydrogen-bond acceptors (Lipinski definition) is 4. The molecule has 7 heteroatoms. The summed E-state index contributed by atoms with van der Waals surface area (Å²) in [7, 11) is 0. The Kier molecular flexibility index (Phi) is 4.29. The van der Waals surface area contributed by atoms with Gasteiger partial charge in [-0.05, 0) is 60.7 Å². The molecule has 1 aromatic heterocycles. The highest BCUT2D eigenvalue weighted by atomic mass is 79.9. The maximum atomic E-state index is 12.9. The molecular formula is C16H12BrFN4O. The average molecular weight is 375 g/mol. The summed E-state index contributed by atoms with van der Waals surface area (Å²) >= 11 is 3.36. The number of halogens is 2. The summed E-state index contributed by atoms with van der Waals surface area (Å²) in [5.74, 6) is -0.147. The van der Waals surface area contributed by atoms with Crippen molar-refractivity contribution >= 4 is 21.7 Å². The number of tetrazole rings is 1. The van der Waals surface area contributed by atoms with Gasteiger partial charge in [0.05, 0.1) is 0 Å². The second-order valence-electron chi connectivity index (χ2n) is 4.99. The molecule has 5 nitrogen and oxygen atoms in total. The van der Waals surface area contributed by atoms with Crippen LogP contribution in [0.5, 0.6) is 0 Å². The van der Waals surface area contributed by atoms with E-state index in [0.717, 1.165) is 10.0 Å². The zero-order valence-corrected chi connectivity index (χ0v) is 13.7. The Labute approximate surface area is 140 Å². The second kappa shape index (κ2) is 6.37. The molecule has 0 aliphatic heterocycles. The van der Waals surface area contributed by atoms with Crippen molar-refractivity contribution in [2.75, 3.05) is 0 Å². The van der Waals surface area contributed by atoms with Crippen molar-refractivity contribution in [3.05, 3.63) is 64.4 Å². The molecule has 116 valence electrons. The van der Waals surface area contributed by atoms with Gasteiger partial charge in [-0.3, -0.25) is 4.79 Å². The van der Waals surface area contributed by atoms with Crippen molar-refractivity contribution < 1.29 is 9.18 Å². The highest BCUT2D eigenvalue weighted by molar-refractivity contribution is 9.10. The predicted octanol–water partition coefficient (Wildman–Crippen LogP) is 3.69. The fraction of sp³-hybridized carbons (Fsp3) is 0.125. The Morgan fingerprint density at radius 3 is 2.43 bits per heavy atom. The Bertz CT molecular complexity index is 830. The Balaban J connectivity index is 1.83. The maximum Gasteiger partial charge on any atom is 0.204 e. The number of carbonyl (C=O) groups is 1. The maximum absolute atomic E-state index is 12.9. The van der Waals surface area contributed by atoms with E-state index < -0.39 is 6.04 Å². The molecule has 0 saturated carbocycles. The van der Waals surface area contributed by atoms with E-state index in [0.29, 0.717) is 11.4 Å². The molecule has 0 bridgehead atoms. The number of benzene rings is 2. The van der Waals surface area contributed by atoms with Crippen LogP contribution in [0.25, 0.3) is 11.4 Å². The minimum absolute atomic E-state index is 0.204. The highest BCUT2D eigenvalue weighted by Crippen LogP contribution is 2.19. The van der Waals surface area contributed by atoms with Gasteiger partial charge in [-0.15, -0.1) is 10.2 Å². The van der Waals surface area contributed by atoms with Crippen molar-refractivity contribution in [2.45, 2.75) is 13.0 Å². The molecule has 0 aliphatic rings. The number of Topliss-reactive ketones (excluding diaryl/α,β-unsaturated/α-hetero) is 1. The van der Waals surface area contributed by atoms with Crippen molar-refractivity contribution in [1.82, 2.24) is 20.2 Å². The van der Waals surface area contributed by atoms with Crippen LogP contribution in [0.1, 0.15) is 23.3 Å². The molecule has 0 radical (unpaired) electrons. The lowest BCUT2D eigenvalue weighted by molar-refractivity contribution is 0.0918. The van der Waals surface area contributed by atoms with Gasteiger partial charge in [0.2, 0.25) is 5.82 Å². The second-order valence-corrected chi connectivity index (χ2v) is 5.90. The van der Waals surface area contributed by atoms with Gasteiger partial charge in [0.25, 0.3) is 0 Å². The highest BCUT2D eigenvalue weighted by Gasteiger charge is 2.20. The Morgan fingerprint density at radius 1 is 1.13 bits per heavy atom. The van der Waals surface area contributed by atoms with E-state index >= 15 is 0 Å². The smallest absolute Gasteiger partial charge is 0.204 e. The molecule has 2 aromatic carbocycles. The fourth-order valence-electron chi connectivity index (χ4n) is 2.06. The van der Waals surface area contributed by atoms with E-state index in [9.17, 15) is 9.18 Å². The predicted molar refractivity (Wildman–Crippen MR) is 86.4 cm³/mol. The van der Waals surface area contributed by atoms with Gasteiger partial charge in [0, 0.05) is 15.6 Å². The normalized spacial score (nSPS) is 12.1. The lowest BCUT2D eigenvalue weighted by Crippen LogP contribution is -2.19. The van der Waals surface area contributed by atoms with E-state index in [1.807, 2.05) is 24.3 Å². The molecule has 23 heavy (non-hydrogen) atoms. The molecule has 1 heterocycles. The lowest BCUT2D eigenvalue weighted by atomic mass is 10.1. The number of ketones is 1. The number of hydrogen-bond donors (Lipinski definition) is 0. The zero-order valence-electron chi connectivity index (χ0n) is 12.1. The van der Waals surface area contributed by atoms with E-state index in [1.165, 1.54) is 29.1 Å². The zero-order chi connectivity index (χ0) is 16.4. The first-order valence-electron chi connectivity index (χ1n) is 6.90. The SMILES string of the molecule is C[C@@H](C(=O)c1ccc(F)cc1)n1nnc(-c2ccc(Br)cc2)n1. The molecule has 1 atom stereocenters. The molecule has 0 spiro atoms. The molecule has 0 fully saturated rings. The fourth-order valence-corrected chi connectivity index (χ4v) is 2.33. The van der Waals surface area contributed by atoms with E-state index in [-0.39, 0.29) is 11.6 Å². The molecule has 0 N–H and O–H groups in total. The van der Waals surface area contributed by atoms with Gasteiger partial charge in [0.1, 0.15) is 11.9 Å². The van der Waals surface area contributed by atoms with Crippen LogP contribution in [0.4, 0.5) is 4.39 Å². The van der Waals surface area contributed by atoms with Crippen molar-refractivity contribution in [2.24, 2.45) is 0 Å². The number of rotatable bonds is 4. The lowest BCUT2D eigenvalue weighted by Gasteiger charge is -2.08. The molecular weight excluding hydrogens is 363 g/mol. The number of carbonyl (C=O) groups excluding carboxylic acids is 1. The van der Waals surface area contributed by atoms with Crippen LogP contribution in [-0.2, 0) is 0 Å². The average Bonchev–Trinajstić information content (AvgIpc) is 3.05. The first-order valence-corrected chi connectivity index (χ1v) is 7.69. The summed E-state index contributed by atoms with van der Waals surface area (Å²) in [5, 5.41) is 12.2. The van der Waals surface area contributed by atoms with Gasteiger partial charge in [-0.1, -0.05) is 15.9 Å². The van der Waals surface area contributed by atoms with Crippen molar-refractivity contribution in [1.29, 1.82) is 0 Å². The van der Waals surface area contributed by atoms with Crippen LogP contribution in [0.2, 0.25) is 0 Å². The van der Waals surface area contributed by atoms with Crippen LogP contribution in [-0.4, -0.2) is 26.0 Å². The van der Waals surface area contributed by atoms with Crippen molar-refractivity contribution in [3.8, 4) is 11.4 Å². The van der Waals surface area contributed by atoms with Crippen LogP contribution >= 0.6 is 15.9 Å². The van der Waals surface area contributed by atoms with Gasteiger partial charge in [-0.25, -0.2) is 4.39 Å². The van der Waals surface area contributed by atoms with Gasteiger partial charge >= 0.3 is 0 Å². The Morgan fingerprint density at radius 2 is 1.78 bits per heavy atom. The van der Waals surface area contributed by atoms with Crippen LogP contribution in [0, 0.1) is 5.82 Å². The summed E-state index contributed by atoms with van der Waals surface area (Å²) in [6.45, 7) is 1.68. The van der Waals surface area contributed by atoms with Gasteiger partial charge < -0.3 is 0 Å². The van der Waals surface area contributed by atoms with E-state index in [4.69, 9.17) is 0 Å².